The lowest BCUT2D eigenvalue weighted by Crippen LogP contribution is -2.46. The number of nitrogens with one attached hydrogen (secondary N) is 1. The number of nitrogens with zero attached hydrogens (tertiary/aromatic N) is 2. The predicted molar refractivity (Wildman–Crippen MR) is 111 cm³/mol. The number of hydrogen-bond acceptors (Lipinski definition) is 5. The van der Waals surface area contributed by atoms with E-state index in [0.29, 0.717) is 17.1 Å². The summed E-state index contributed by atoms with van der Waals surface area (Å²) in [4.78, 5) is 32.0. The van der Waals surface area contributed by atoms with Crippen LogP contribution in [0.1, 0.15) is 44.6 Å². The van der Waals surface area contributed by atoms with Crippen molar-refractivity contribution in [3.05, 3.63) is 33.4 Å². The van der Waals surface area contributed by atoms with E-state index in [1.807, 2.05) is 41.5 Å². The van der Waals surface area contributed by atoms with Crippen LogP contribution in [0.3, 0.4) is 0 Å². The van der Waals surface area contributed by atoms with Gasteiger partial charge >= 0.3 is 0 Å². The molecule has 5 nitrogen and oxygen atoms in total. The number of aryl methyl sites for hydroxylation is 2. The Bertz CT molecular complexity index is 896. The molecule has 1 atom stereocenters. The van der Waals surface area contributed by atoms with E-state index < -0.39 is 0 Å². The fourth-order valence-electron chi connectivity index (χ4n) is 2.42. The topological polar surface area (TPSA) is 64.0 Å². The van der Waals surface area contributed by atoms with Gasteiger partial charge in [0.2, 0.25) is 5.91 Å². The summed E-state index contributed by atoms with van der Waals surface area (Å²) in [6.45, 7) is 15.9. The van der Waals surface area contributed by atoms with Crippen molar-refractivity contribution >= 4 is 39.2 Å². The highest BCUT2D eigenvalue weighted by Gasteiger charge is 2.25. The maximum atomic E-state index is 13.0. The van der Waals surface area contributed by atoms with Crippen LogP contribution in [0.25, 0.3) is 10.2 Å². The van der Waals surface area contributed by atoms with E-state index >= 15 is 0 Å². The minimum atomic E-state index is -0.358. The molecule has 0 fully saturated rings. The first-order valence-electron chi connectivity index (χ1n) is 8.71. The van der Waals surface area contributed by atoms with Gasteiger partial charge < -0.3 is 5.32 Å². The summed E-state index contributed by atoms with van der Waals surface area (Å²) in [5.41, 5.74) is 0.652. The Labute approximate surface area is 162 Å². The maximum Gasteiger partial charge on any atom is 0.263 e. The zero-order valence-electron chi connectivity index (χ0n) is 16.3. The van der Waals surface area contributed by atoms with Gasteiger partial charge in [0.05, 0.1) is 10.6 Å². The SMILES string of the molecule is C=CCn1c(SC(C)C(=O)NC(C)(C)CC)nc2sc(C)c(C)c2c1=O. The molecule has 1 unspecified atom stereocenters. The van der Waals surface area contributed by atoms with Crippen LogP contribution < -0.4 is 10.9 Å². The molecule has 0 radical (unpaired) electrons. The largest absolute Gasteiger partial charge is 0.350 e. The minimum Gasteiger partial charge on any atom is -0.350 e. The number of aromatic nitrogens is 2. The molecule has 7 heteroatoms. The molecule has 2 rings (SSSR count). The molecule has 2 aromatic rings. The molecule has 0 bridgehead atoms. The van der Waals surface area contributed by atoms with Crippen LogP contribution >= 0.6 is 23.1 Å². The number of carbonyl (C=O) groups excluding carboxylic acids is 1. The fraction of sp³-hybridized carbons (Fsp3) is 0.526. The van der Waals surface area contributed by atoms with E-state index in [9.17, 15) is 9.59 Å². The van der Waals surface area contributed by atoms with Crippen LogP contribution in [-0.2, 0) is 11.3 Å². The van der Waals surface area contributed by atoms with Crippen LogP contribution in [0.4, 0.5) is 0 Å². The van der Waals surface area contributed by atoms with E-state index in [0.717, 1.165) is 21.7 Å². The van der Waals surface area contributed by atoms with Crippen LogP contribution in [0.15, 0.2) is 22.6 Å². The number of thiophene rings is 1. The van der Waals surface area contributed by atoms with Crippen molar-refractivity contribution in [3.63, 3.8) is 0 Å². The second kappa shape index (κ2) is 7.96. The molecule has 1 amide bonds. The number of amides is 1. The number of hydrogen-bond donors (Lipinski definition) is 1. The van der Waals surface area contributed by atoms with Gasteiger partial charge in [-0.05, 0) is 46.6 Å². The number of carbonyl (C=O) groups is 1. The van der Waals surface area contributed by atoms with Crippen molar-refractivity contribution in [2.24, 2.45) is 0 Å². The van der Waals surface area contributed by atoms with Crippen molar-refractivity contribution in [1.82, 2.24) is 14.9 Å². The van der Waals surface area contributed by atoms with Gasteiger partial charge in [0.1, 0.15) is 4.83 Å². The molecular formula is C19H27N3O2S2. The van der Waals surface area contributed by atoms with Gasteiger partial charge in [-0.25, -0.2) is 4.98 Å². The Morgan fingerprint density at radius 2 is 2.12 bits per heavy atom. The van der Waals surface area contributed by atoms with Crippen molar-refractivity contribution in [1.29, 1.82) is 0 Å². The Morgan fingerprint density at radius 3 is 2.69 bits per heavy atom. The predicted octanol–water partition coefficient (Wildman–Crippen LogP) is 4.05. The molecule has 0 aromatic carbocycles. The first kappa shape index (κ1) is 20.7. The van der Waals surface area contributed by atoms with Gasteiger partial charge in [0.25, 0.3) is 5.56 Å². The number of thioether (sulfide) groups is 1. The van der Waals surface area contributed by atoms with Crippen molar-refractivity contribution < 1.29 is 4.79 Å². The van der Waals surface area contributed by atoms with Gasteiger partial charge in [-0.1, -0.05) is 24.8 Å². The molecule has 0 aliphatic carbocycles. The standard InChI is InChI=1S/C19H27N3O2S2/c1-8-10-22-17(24)14-11(3)12(4)25-16(14)20-18(22)26-13(5)15(23)21-19(6,7)9-2/h8,13H,1,9-10H2,2-7H3,(H,21,23). The number of fused-ring (bicyclic) bond motifs is 1. The summed E-state index contributed by atoms with van der Waals surface area (Å²) in [6.07, 6.45) is 2.52. The summed E-state index contributed by atoms with van der Waals surface area (Å²) >= 11 is 2.83. The molecule has 0 aliphatic rings. The molecule has 2 heterocycles. The van der Waals surface area contributed by atoms with Crippen LogP contribution in [0.5, 0.6) is 0 Å². The van der Waals surface area contributed by atoms with Crippen LogP contribution in [0, 0.1) is 13.8 Å². The Hall–Kier alpha value is -1.60. The summed E-state index contributed by atoms with van der Waals surface area (Å²) < 4.78 is 1.61. The van der Waals surface area contributed by atoms with E-state index in [1.54, 1.807) is 10.6 Å². The first-order chi connectivity index (χ1) is 12.1. The average molecular weight is 394 g/mol. The van der Waals surface area contributed by atoms with E-state index in [4.69, 9.17) is 4.98 Å². The molecular weight excluding hydrogens is 366 g/mol. The first-order valence-corrected chi connectivity index (χ1v) is 10.4. The maximum absolute atomic E-state index is 13.0. The summed E-state index contributed by atoms with van der Waals surface area (Å²) in [7, 11) is 0. The Morgan fingerprint density at radius 1 is 1.46 bits per heavy atom. The van der Waals surface area contributed by atoms with Crippen LogP contribution in [-0.4, -0.2) is 26.2 Å². The van der Waals surface area contributed by atoms with E-state index in [1.165, 1.54) is 23.1 Å². The summed E-state index contributed by atoms with van der Waals surface area (Å²) in [5.74, 6) is -0.0557. The monoisotopic (exact) mass is 393 g/mol. The third-order valence-corrected chi connectivity index (χ3v) is 6.75. The molecule has 142 valence electrons. The van der Waals surface area contributed by atoms with Gasteiger partial charge in [0, 0.05) is 17.0 Å². The van der Waals surface area contributed by atoms with Gasteiger partial charge in [0.15, 0.2) is 5.16 Å². The highest BCUT2D eigenvalue weighted by molar-refractivity contribution is 8.00. The number of allylic oxidation sites excluding steroid dienone is 1. The zero-order valence-corrected chi connectivity index (χ0v) is 17.9. The average Bonchev–Trinajstić information content (AvgIpc) is 2.85. The molecule has 2 aromatic heterocycles. The molecule has 0 aliphatic heterocycles. The Balaban J connectivity index is 2.42. The second-order valence-electron chi connectivity index (χ2n) is 7.05. The smallest absolute Gasteiger partial charge is 0.263 e. The fourth-order valence-corrected chi connectivity index (χ4v) is 4.41. The van der Waals surface area contributed by atoms with Gasteiger partial charge in [-0.3, -0.25) is 14.2 Å². The highest BCUT2D eigenvalue weighted by atomic mass is 32.2. The van der Waals surface area contributed by atoms with Crippen molar-refractivity contribution in [3.8, 4) is 0 Å². The van der Waals surface area contributed by atoms with Gasteiger partial charge in [-0.2, -0.15) is 0 Å². The summed E-state index contributed by atoms with van der Waals surface area (Å²) in [5, 5.41) is 3.92. The molecule has 0 spiro atoms. The minimum absolute atomic E-state index is 0.0557. The van der Waals surface area contributed by atoms with Gasteiger partial charge in [-0.15, -0.1) is 17.9 Å². The quantitative estimate of drug-likeness (QED) is 0.438. The molecule has 26 heavy (non-hydrogen) atoms. The second-order valence-corrected chi connectivity index (χ2v) is 9.56. The number of rotatable bonds is 7. The van der Waals surface area contributed by atoms with Crippen molar-refractivity contribution in [2.45, 2.75) is 70.5 Å². The summed E-state index contributed by atoms with van der Waals surface area (Å²) in [6, 6.07) is 0. The zero-order chi connectivity index (χ0) is 19.6. The lowest BCUT2D eigenvalue weighted by atomic mass is 10.0. The van der Waals surface area contributed by atoms with Crippen LogP contribution in [0.2, 0.25) is 0 Å². The van der Waals surface area contributed by atoms with Crippen molar-refractivity contribution in [2.75, 3.05) is 0 Å². The van der Waals surface area contributed by atoms with E-state index in [-0.39, 0.29) is 22.3 Å². The lowest BCUT2D eigenvalue weighted by Gasteiger charge is -2.26. The lowest BCUT2D eigenvalue weighted by molar-refractivity contribution is -0.121. The highest BCUT2D eigenvalue weighted by Crippen LogP contribution is 2.29. The molecule has 0 saturated carbocycles. The van der Waals surface area contributed by atoms with E-state index in [2.05, 4.69) is 11.9 Å². The Kier molecular flexibility index (Phi) is 6.34. The molecule has 1 N–H and O–H groups in total. The third-order valence-electron chi connectivity index (χ3n) is 4.56. The normalized spacial score (nSPS) is 13.0. The molecule has 0 saturated heterocycles. The third kappa shape index (κ3) is 4.20.